The molecule has 2 rings (SSSR count). The first-order chi connectivity index (χ1) is 16.4. The van der Waals surface area contributed by atoms with Crippen LogP contribution in [0.1, 0.15) is 0 Å². The monoisotopic (exact) mass is 518 g/mol. The Hall–Kier alpha value is -1.42. The number of aliphatic hydroxyl groups excluding tert-OH is 10. The molecule has 0 aliphatic carbocycles. The van der Waals surface area contributed by atoms with Crippen molar-refractivity contribution in [2.75, 3.05) is 13.2 Å². The summed E-state index contributed by atoms with van der Waals surface area (Å²) in [5.41, 5.74) is 0. The van der Waals surface area contributed by atoms with E-state index in [1.807, 2.05) is 0 Å². The van der Waals surface area contributed by atoms with Crippen LogP contribution in [0.15, 0.2) is 0 Å². The average Bonchev–Trinajstić information content (AvgIpc) is 2.84. The lowest BCUT2D eigenvalue weighted by Gasteiger charge is -2.46. The zero-order valence-corrected chi connectivity index (χ0v) is 17.9. The van der Waals surface area contributed by atoms with Gasteiger partial charge in [-0.2, -0.15) is 0 Å². The molecule has 0 spiro atoms. The predicted octanol–water partition coefficient (Wildman–Crippen LogP) is -7.64. The molecule has 0 aromatic carbocycles. The number of aldehydes is 1. The van der Waals surface area contributed by atoms with Crippen molar-refractivity contribution in [1.29, 1.82) is 0 Å². The van der Waals surface area contributed by atoms with Gasteiger partial charge in [0.15, 0.2) is 25.0 Å². The summed E-state index contributed by atoms with van der Waals surface area (Å²) in [5.74, 6) is -1.80. The second-order valence-corrected chi connectivity index (χ2v) is 8.01. The molecule has 11 N–H and O–H groups in total. The van der Waals surface area contributed by atoms with Crippen molar-refractivity contribution < 1.29 is 84.7 Å². The molecular formula is C18H30O17. The summed E-state index contributed by atoms with van der Waals surface area (Å²) < 4.78 is 20.5. The van der Waals surface area contributed by atoms with Crippen LogP contribution in [0, 0.1) is 0 Å². The minimum atomic E-state index is -2.19. The third-order valence-corrected chi connectivity index (χ3v) is 5.61. The number of aliphatic hydroxyl groups is 10. The summed E-state index contributed by atoms with van der Waals surface area (Å²) in [6.07, 6.45) is -28.2. The minimum absolute atomic E-state index is 0.126. The second-order valence-electron chi connectivity index (χ2n) is 8.01. The molecule has 0 amide bonds. The normalized spacial score (nSPS) is 41.5. The van der Waals surface area contributed by atoms with Gasteiger partial charge in [-0.3, -0.25) is 0 Å². The molecule has 2 aliphatic rings. The lowest BCUT2D eigenvalue weighted by molar-refractivity contribution is -0.363. The van der Waals surface area contributed by atoms with Crippen molar-refractivity contribution in [3.63, 3.8) is 0 Å². The molecule has 17 heteroatoms. The first-order valence-electron chi connectivity index (χ1n) is 10.4. The molecule has 2 aliphatic heterocycles. The van der Waals surface area contributed by atoms with Gasteiger partial charge >= 0.3 is 5.97 Å². The molecule has 0 aromatic heterocycles. The van der Waals surface area contributed by atoms with E-state index in [0.29, 0.717) is 0 Å². The highest BCUT2D eigenvalue weighted by Gasteiger charge is 2.53. The Kier molecular flexibility index (Phi) is 10.8. The molecule has 0 unspecified atom stereocenters. The smallest absolute Gasteiger partial charge is 0.335 e. The summed E-state index contributed by atoms with van der Waals surface area (Å²) in [7, 11) is 0. The Morgan fingerprint density at radius 3 is 2.03 bits per heavy atom. The first kappa shape index (κ1) is 29.8. The summed E-state index contributed by atoms with van der Waals surface area (Å²) >= 11 is 0. The Balaban J connectivity index is 2.31. The Morgan fingerprint density at radius 1 is 0.886 bits per heavy atom. The number of carboxylic acid groups (broad SMARTS) is 1. The fraction of sp³-hybridized carbons (Fsp3) is 0.889. The number of hydrogen-bond donors (Lipinski definition) is 11. The fourth-order valence-electron chi connectivity index (χ4n) is 3.57. The van der Waals surface area contributed by atoms with Gasteiger partial charge in [-0.05, 0) is 0 Å². The fourth-order valence-corrected chi connectivity index (χ4v) is 3.57. The summed E-state index contributed by atoms with van der Waals surface area (Å²) in [6.45, 7) is -1.89. The van der Waals surface area contributed by atoms with Crippen LogP contribution in [0.2, 0.25) is 0 Å². The summed E-state index contributed by atoms with van der Waals surface area (Å²) in [6, 6.07) is 0. The maximum Gasteiger partial charge on any atom is 0.335 e. The molecule has 0 bridgehead atoms. The van der Waals surface area contributed by atoms with Gasteiger partial charge in [-0.15, -0.1) is 0 Å². The van der Waals surface area contributed by atoms with E-state index in [9.17, 15) is 60.7 Å². The van der Waals surface area contributed by atoms with Crippen molar-refractivity contribution in [3.05, 3.63) is 0 Å². The number of ether oxygens (including phenoxy) is 4. The highest BCUT2D eigenvalue weighted by Crippen LogP contribution is 2.30. The van der Waals surface area contributed by atoms with Crippen LogP contribution in [0.4, 0.5) is 0 Å². The van der Waals surface area contributed by atoms with Gasteiger partial charge in [-0.25, -0.2) is 4.79 Å². The van der Waals surface area contributed by atoms with Crippen LogP contribution >= 0.6 is 0 Å². The molecule has 2 saturated heterocycles. The molecule has 35 heavy (non-hydrogen) atoms. The molecule has 0 radical (unpaired) electrons. The summed E-state index contributed by atoms with van der Waals surface area (Å²) in [5, 5.41) is 108. The number of carboxylic acids is 1. The highest BCUT2D eigenvalue weighted by atomic mass is 16.7. The number of carbonyl (C=O) groups excluding carboxylic acids is 1. The minimum Gasteiger partial charge on any atom is -0.479 e. The van der Waals surface area contributed by atoms with Gasteiger partial charge in [0.25, 0.3) is 0 Å². The van der Waals surface area contributed by atoms with Gasteiger partial charge in [-0.1, -0.05) is 0 Å². The van der Waals surface area contributed by atoms with Crippen molar-refractivity contribution in [1.82, 2.24) is 0 Å². The maximum atomic E-state index is 11.6. The zero-order chi connectivity index (χ0) is 26.6. The van der Waals surface area contributed by atoms with E-state index in [1.165, 1.54) is 0 Å². The van der Waals surface area contributed by atoms with Crippen molar-refractivity contribution in [2.24, 2.45) is 0 Å². The average molecular weight is 518 g/mol. The number of aliphatic carboxylic acids is 1. The molecule has 14 atom stereocenters. The second kappa shape index (κ2) is 12.7. The van der Waals surface area contributed by atoms with E-state index >= 15 is 0 Å². The van der Waals surface area contributed by atoms with Crippen LogP contribution in [-0.2, 0) is 28.5 Å². The van der Waals surface area contributed by atoms with E-state index in [-0.39, 0.29) is 6.29 Å². The topological polar surface area (TPSA) is 294 Å². The Labute approximate surface area is 196 Å². The van der Waals surface area contributed by atoms with Crippen LogP contribution in [-0.4, -0.2) is 167 Å². The largest absolute Gasteiger partial charge is 0.479 e. The van der Waals surface area contributed by atoms with Crippen molar-refractivity contribution >= 4 is 12.3 Å². The van der Waals surface area contributed by atoms with E-state index in [0.717, 1.165) is 0 Å². The van der Waals surface area contributed by atoms with E-state index in [2.05, 4.69) is 0 Å². The summed E-state index contributed by atoms with van der Waals surface area (Å²) in [4.78, 5) is 22.6. The van der Waals surface area contributed by atoms with Gasteiger partial charge in [0.1, 0.15) is 67.1 Å². The van der Waals surface area contributed by atoms with E-state index in [4.69, 9.17) is 24.1 Å². The zero-order valence-electron chi connectivity index (χ0n) is 17.9. The van der Waals surface area contributed by atoms with E-state index < -0.39 is 105 Å². The molecule has 2 heterocycles. The van der Waals surface area contributed by atoms with Crippen LogP contribution in [0.3, 0.4) is 0 Å². The Morgan fingerprint density at radius 2 is 1.51 bits per heavy atom. The van der Waals surface area contributed by atoms with Gasteiger partial charge in [0, 0.05) is 0 Å². The van der Waals surface area contributed by atoms with E-state index in [1.54, 1.807) is 0 Å². The van der Waals surface area contributed by atoms with Gasteiger partial charge < -0.3 is 79.9 Å². The number of rotatable bonds is 11. The third-order valence-electron chi connectivity index (χ3n) is 5.61. The van der Waals surface area contributed by atoms with Crippen LogP contribution < -0.4 is 0 Å². The highest BCUT2D eigenvalue weighted by molar-refractivity contribution is 5.73. The van der Waals surface area contributed by atoms with Crippen LogP contribution in [0.25, 0.3) is 0 Å². The lowest BCUT2D eigenvalue weighted by atomic mass is 9.96. The molecule has 204 valence electrons. The molecule has 2 fully saturated rings. The number of carbonyl (C=O) groups is 2. The standard InChI is InChI=1S/C18H30O17/c19-1-4(22)7(24)13(5(23)2-20)33-18-12(29)14(11(28)15(35-18)16(30)31)34-17-10(27)9(26)8(25)6(3-21)32-17/h2,4-15,17-19,21-29H,1,3H2,(H,30,31)/t4-,5-,6-,7-,8-,9+,10-,11-,12-,13-,14+,15+,17+,18+/m1/s1. The third kappa shape index (κ3) is 6.48. The van der Waals surface area contributed by atoms with Crippen molar-refractivity contribution in [3.8, 4) is 0 Å². The van der Waals surface area contributed by atoms with Gasteiger partial charge in [0.2, 0.25) is 0 Å². The maximum absolute atomic E-state index is 11.6. The van der Waals surface area contributed by atoms with Crippen LogP contribution in [0.5, 0.6) is 0 Å². The first-order valence-corrected chi connectivity index (χ1v) is 10.4. The van der Waals surface area contributed by atoms with Gasteiger partial charge in [0.05, 0.1) is 13.2 Å². The number of hydrogen-bond acceptors (Lipinski definition) is 16. The molecule has 0 saturated carbocycles. The quantitative estimate of drug-likeness (QED) is 0.113. The lowest BCUT2D eigenvalue weighted by Crippen LogP contribution is -2.66. The Bertz CT molecular complexity index is 692. The molecule has 0 aromatic rings. The predicted molar refractivity (Wildman–Crippen MR) is 103 cm³/mol. The molecular weight excluding hydrogens is 488 g/mol. The molecule has 17 nitrogen and oxygen atoms in total. The van der Waals surface area contributed by atoms with Crippen molar-refractivity contribution in [2.45, 2.75) is 85.8 Å². The SMILES string of the molecule is O=C[C@@H](O)[C@@H](O[C@H]1O[C@H](C(=O)O)[C@H](O)[C@H](O[C@@H]2O[C@H](CO)[C@@H](O)[C@H](O)[C@H]2O)[C@H]1O)[C@H](O)[C@H](O)CO.